The molecule has 0 fully saturated rings. The van der Waals surface area contributed by atoms with Crippen LogP contribution >= 0.6 is 11.6 Å². The van der Waals surface area contributed by atoms with Crippen molar-refractivity contribution in [3.63, 3.8) is 0 Å². The highest BCUT2D eigenvalue weighted by Crippen LogP contribution is 2.29. The van der Waals surface area contributed by atoms with E-state index in [0.717, 1.165) is 5.56 Å². The van der Waals surface area contributed by atoms with Crippen molar-refractivity contribution in [1.82, 2.24) is 0 Å². The van der Waals surface area contributed by atoms with E-state index in [4.69, 9.17) is 21.1 Å². The smallest absolute Gasteiger partial charge is 0.161 e. The van der Waals surface area contributed by atoms with Gasteiger partial charge in [0, 0.05) is 0 Å². The molecule has 1 aromatic rings. The van der Waals surface area contributed by atoms with Crippen molar-refractivity contribution in [2.45, 2.75) is 20.0 Å². The fourth-order valence-electron chi connectivity index (χ4n) is 1.44. The molecule has 0 radical (unpaired) electrons. The number of allylic oxidation sites excluding steroid dienone is 1. The second-order valence-electron chi connectivity index (χ2n) is 3.76. The monoisotopic (exact) mass is 270 g/mol. The number of rotatable bonds is 7. The van der Waals surface area contributed by atoms with Crippen molar-refractivity contribution in [2.75, 3.05) is 19.1 Å². The van der Waals surface area contributed by atoms with Gasteiger partial charge in [0.2, 0.25) is 0 Å². The van der Waals surface area contributed by atoms with Gasteiger partial charge in [0.25, 0.3) is 0 Å². The van der Waals surface area contributed by atoms with Crippen LogP contribution in [0.3, 0.4) is 0 Å². The molecular formula is C14H19ClO3. The maximum atomic E-state index is 9.40. The van der Waals surface area contributed by atoms with Gasteiger partial charge in [-0.1, -0.05) is 18.2 Å². The second-order valence-corrected chi connectivity index (χ2v) is 4.07. The van der Waals surface area contributed by atoms with Crippen LogP contribution in [0.1, 0.15) is 19.4 Å². The molecular weight excluding hydrogens is 252 g/mol. The Labute approximate surface area is 113 Å². The summed E-state index contributed by atoms with van der Waals surface area (Å²) in [6, 6.07) is 5.70. The Kier molecular flexibility index (Phi) is 6.61. The third-order valence-corrected chi connectivity index (χ3v) is 2.59. The summed E-state index contributed by atoms with van der Waals surface area (Å²) in [5.41, 5.74) is 1.02. The Morgan fingerprint density at radius 2 is 2.11 bits per heavy atom. The molecule has 3 nitrogen and oxygen atoms in total. The van der Waals surface area contributed by atoms with Crippen LogP contribution in [0, 0.1) is 0 Å². The highest BCUT2D eigenvalue weighted by atomic mass is 35.5. The maximum Gasteiger partial charge on any atom is 0.161 e. The fourth-order valence-corrected chi connectivity index (χ4v) is 1.53. The third kappa shape index (κ3) is 4.59. The van der Waals surface area contributed by atoms with Gasteiger partial charge in [-0.3, -0.25) is 0 Å². The minimum Gasteiger partial charge on any atom is -0.490 e. The number of hydrogen-bond donors (Lipinski definition) is 1. The van der Waals surface area contributed by atoms with Gasteiger partial charge in [0.15, 0.2) is 11.5 Å². The fraction of sp³-hybridized carbons (Fsp3) is 0.429. The number of hydrogen-bond acceptors (Lipinski definition) is 3. The lowest BCUT2D eigenvalue weighted by Crippen LogP contribution is -2.19. The van der Waals surface area contributed by atoms with Crippen molar-refractivity contribution in [2.24, 2.45) is 0 Å². The van der Waals surface area contributed by atoms with Gasteiger partial charge >= 0.3 is 0 Å². The van der Waals surface area contributed by atoms with E-state index in [1.54, 1.807) is 0 Å². The quantitative estimate of drug-likeness (QED) is 0.774. The van der Waals surface area contributed by atoms with E-state index >= 15 is 0 Å². The second kappa shape index (κ2) is 8.01. The van der Waals surface area contributed by atoms with Crippen LogP contribution in [0.2, 0.25) is 0 Å². The summed E-state index contributed by atoms with van der Waals surface area (Å²) in [6.07, 6.45) is 3.25. The first-order chi connectivity index (χ1) is 8.71. The molecule has 0 aliphatic heterocycles. The number of aliphatic hydroxyl groups is 1. The van der Waals surface area contributed by atoms with Gasteiger partial charge in [-0.15, -0.1) is 11.6 Å². The lowest BCUT2D eigenvalue weighted by atomic mass is 10.2. The predicted octanol–water partition coefficient (Wildman–Crippen LogP) is 3.10. The van der Waals surface area contributed by atoms with Gasteiger partial charge in [0.05, 0.1) is 12.5 Å². The van der Waals surface area contributed by atoms with Crippen molar-refractivity contribution < 1.29 is 14.6 Å². The van der Waals surface area contributed by atoms with E-state index in [-0.39, 0.29) is 12.5 Å². The summed E-state index contributed by atoms with van der Waals surface area (Å²) in [6.45, 7) is 4.59. The molecule has 0 amide bonds. The van der Waals surface area contributed by atoms with E-state index < -0.39 is 6.10 Å². The zero-order valence-electron chi connectivity index (χ0n) is 10.7. The normalized spacial score (nSPS) is 12.7. The highest BCUT2D eigenvalue weighted by Gasteiger charge is 2.08. The first kappa shape index (κ1) is 14.9. The molecule has 1 N–H and O–H groups in total. The standard InChI is InChI=1S/C14H19ClO3/c1-3-5-11-6-7-13(17-4-2)14(8-11)18-10-12(16)9-15/h3,5-8,12,16H,4,9-10H2,1-2H3/b5-3+. The lowest BCUT2D eigenvalue weighted by Gasteiger charge is -2.14. The Balaban J connectivity index is 2.85. The van der Waals surface area contributed by atoms with E-state index in [2.05, 4.69) is 0 Å². The average Bonchev–Trinajstić information content (AvgIpc) is 2.39. The van der Waals surface area contributed by atoms with Crippen molar-refractivity contribution in [1.29, 1.82) is 0 Å². The first-order valence-electron chi connectivity index (χ1n) is 5.97. The predicted molar refractivity (Wildman–Crippen MR) is 74.5 cm³/mol. The largest absolute Gasteiger partial charge is 0.490 e. The molecule has 1 atom stereocenters. The minimum absolute atomic E-state index is 0.151. The van der Waals surface area contributed by atoms with Crippen LogP contribution in [0.4, 0.5) is 0 Å². The van der Waals surface area contributed by atoms with Gasteiger partial charge < -0.3 is 14.6 Å². The molecule has 1 aromatic carbocycles. The van der Waals surface area contributed by atoms with Gasteiger partial charge in [-0.25, -0.2) is 0 Å². The SMILES string of the molecule is C/C=C/c1ccc(OCC)c(OCC(O)CCl)c1. The molecule has 1 unspecified atom stereocenters. The number of halogens is 1. The lowest BCUT2D eigenvalue weighted by molar-refractivity contribution is 0.122. The van der Waals surface area contributed by atoms with E-state index in [1.165, 1.54) is 0 Å². The number of alkyl halides is 1. The number of benzene rings is 1. The van der Waals surface area contributed by atoms with Gasteiger partial charge in [-0.2, -0.15) is 0 Å². The van der Waals surface area contributed by atoms with Crippen LogP contribution in [0.5, 0.6) is 11.5 Å². The minimum atomic E-state index is -0.675. The molecule has 0 aromatic heterocycles. The third-order valence-electron chi connectivity index (χ3n) is 2.24. The summed E-state index contributed by atoms with van der Waals surface area (Å²) in [7, 11) is 0. The van der Waals surface area contributed by atoms with E-state index in [9.17, 15) is 5.11 Å². The Bertz CT molecular complexity index is 391. The molecule has 100 valence electrons. The van der Waals surface area contributed by atoms with E-state index in [0.29, 0.717) is 18.1 Å². The Morgan fingerprint density at radius 1 is 1.33 bits per heavy atom. The van der Waals surface area contributed by atoms with Gasteiger partial charge in [0.1, 0.15) is 12.7 Å². The summed E-state index contributed by atoms with van der Waals surface area (Å²) in [4.78, 5) is 0. The summed E-state index contributed by atoms with van der Waals surface area (Å²) in [5.74, 6) is 1.45. The summed E-state index contributed by atoms with van der Waals surface area (Å²) >= 11 is 5.53. The summed E-state index contributed by atoms with van der Waals surface area (Å²) in [5, 5.41) is 9.40. The molecule has 0 saturated heterocycles. The highest BCUT2D eigenvalue weighted by molar-refractivity contribution is 6.18. The number of ether oxygens (including phenoxy) is 2. The van der Waals surface area contributed by atoms with Crippen LogP contribution in [-0.4, -0.2) is 30.3 Å². The number of aliphatic hydroxyl groups excluding tert-OH is 1. The molecule has 0 bridgehead atoms. The molecule has 0 heterocycles. The van der Waals surface area contributed by atoms with Crippen molar-refractivity contribution in [3.05, 3.63) is 29.8 Å². The molecule has 0 aliphatic carbocycles. The molecule has 0 spiro atoms. The topological polar surface area (TPSA) is 38.7 Å². The summed E-state index contributed by atoms with van der Waals surface area (Å²) < 4.78 is 11.0. The van der Waals surface area contributed by atoms with E-state index in [1.807, 2.05) is 44.2 Å². The molecule has 0 aliphatic rings. The zero-order valence-corrected chi connectivity index (χ0v) is 11.5. The van der Waals surface area contributed by atoms with Crippen LogP contribution in [0.25, 0.3) is 6.08 Å². The zero-order chi connectivity index (χ0) is 13.4. The molecule has 4 heteroatoms. The molecule has 1 rings (SSSR count). The Hall–Kier alpha value is -1.19. The van der Waals surface area contributed by atoms with Gasteiger partial charge in [-0.05, 0) is 31.5 Å². The van der Waals surface area contributed by atoms with Crippen molar-refractivity contribution in [3.8, 4) is 11.5 Å². The van der Waals surface area contributed by atoms with Crippen molar-refractivity contribution >= 4 is 17.7 Å². The Morgan fingerprint density at radius 3 is 2.72 bits per heavy atom. The van der Waals surface area contributed by atoms with Crippen LogP contribution < -0.4 is 9.47 Å². The first-order valence-corrected chi connectivity index (χ1v) is 6.51. The maximum absolute atomic E-state index is 9.40. The van der Waals surface area contributed by atoms with Crippen LogP contribution in [0.15, 0.2) is 24.3 Å². The van der Waals surface area contributed by atoms with Crippen LogP contribution in [-0.2, 0) is 0 Å². The molecule has 18 heavy (non-hydrogen) atoms. The molecule has 0 saturated carbocycles. The average molecular weight is 271 g/mol.